The molecule has 2 aromatic rings. The van der Waals surface area contributed by atoms with E-state index >= 15 is 0 Å². The molecule has 0 radical (unpaired) electrons. The molecule has 1 aromatic heterocycles. The highest BCUT2D eigenvalue weighted by molar-refractivity contribution is 9.10. The summed E-state index contributed by atoms with van der Waals surface area (Å²) >= 11 is 3.35. The third-order valence-corrected chi connectivity index (χ3v) is 2.61. The van der Waals surface area contributed by atoms with Crippen LogP contribution in [-0.2, 0) is 7.05 Å². The van der Waals surface area contributed by atoms with Crippen LogP contribution in [0.1, 0.15) is 5.56 Å². The average Bonchev–Trinajstić information content (AvgIpc) is 2.52. The maximum atomic E-state index is 11.6. The van der Waals surface area contributed by atoms with Crippen LogP contribution in [-0.4, -0.2) is 19.8 Å². The molecule has 5 nitrogen and oxygen atoms in total. The zero-order valence-corrected chi connectivity index (χ0v) is 9.89. The van der Waals surface area contributed by atoms with Crippen LogP contribution < -0.4 is 5.69 Å². The summed E-state index contributed by atoms with van der Waals surface area (Å²) in [6, 6.07) is 5.67. The smallest absolute Gasteiger partial charge is 0.244 e. The van der Waals surface area contributed by atoms with Crippen LogP contribution in [0.4, 0.5) is 0 Å². The summed E-state index contributed by atoms with van der Waals surface area (Å²) in [4.78, 5) is 11.6. The monoisotopic (exact) mass is 268 g/mol. The largest absolute Gasteiger partial charge is 0.368 e. The molecule has 0 N–H and O–H groups in total. The quantitative estimate of drug-likeness (QED) is 0.777. The maximum Gasteiger partial charge on any atom is 0.368 e. The van der Waals surface area contributed by atoms with Gasteiger partial charge in [0.15, 0.2) is 0 Å². The van der Waals surface area contributed by atoms with Gasteiger partial charge in [-0.3, -0.25) is 0 Å². The van der Waals surface area contributed by atoms with Crippen molar-refractivity contribution in [1.82, 2.24) is 19.8 Å². The Kier molecular flexibility index (Phi) is 2.44. The third-order valence-electron chi connectivity index (χ3n) is 2.12. The molecular formula is C9H9BrN4O. The highest BCUT2D eigenvalue weighted by Crippen LogP contribution is 2.17. The summed E-state index contributed by atoms with van der Waals surface area (Å²) in [6.45, 7) is 1.92. The molecule has 0 unspecified atom stereocenters. The van der Waals surface area contributed by atoms with Gasteiger partial charge in [-0.1, -0.05) is 22.0 Å². The normalized spacial score (nSPS) is 10.6. The Bertz CT molecular complexity index is 557. The fourth-order valence-corrected chi connectivity index (χ4v) is 1.62. The molecule has 0 saturated carbocycles. The first-order valence-electron chi connectivity index (χ1n) is 4.35. The Morgan fingerprint density at radius 2 is 2.07 bits per heavy atom. The first-order valence-corrected chi connectivity index (χ1v) is 5.14. The van der Waals surface area contributed by atoms with Gasteiger partial charge in [0.1, 0.15) is 0 Å². The molecule has 2 rings (SSSR count). The number of hydrogen-bond acceptors (Lipinski definition) is 3. The van der Waals surface area contributed by atoms with Crippen molar-refractivity contribution in [3.05, 3.63) is 38.7 Å². The second-order valence-corrected chi connectivity index (χ2v) is 4.14. The minimum atomic E-state index is -0.254. The number of benzene rings is 1. The molecule has 1 aromatic carbocycles. The van der Waals surface area contributed by atoms with E-state index < -0.39 is 0 Å². The van der Waals surface area contributed by atoms with E-state index in [-0.39, 0.29) is 5.69 Å². The molecule has 0 atom stereocenters. The Balaban J connectivity index is 2.69. The van der Waals surface area contributed by atoms with E-state index in [1.807, 2.05) is 25.1 Å². The van der Waals surface area contributed by atoms with Crippen molar-refractivity contribution in [3.63, 3.8) is 0 Å². The predicted octanol–water partition coefficient (Wildman–Crippen LogP) is 1.04. The van der Waals surface area contributed by atoms with Crippen molar-refractivity contribution in [2.24, 2.45) is 7.05 Å². The van der Waals surface area contributed by atoms with Gasteiger partial charge in [0.2, 0.25) is 0 Å². The van der Waals surface area contributed by atoms with Crippen LogP contribution in [0, 0.1) is 6.92 Å². The number of aryl methyl sites for hydroxylation is 2. The van der Waals surface area contributed by atoms with Crippen LogP contribution in [0.2, 0.25) is 0 Å². The number of nitrogens with zero attached hydrogens (tertiary/aromatic N) is 4. The predicted molar refractivity (Wildman–Crippen MR) is 59.0 cm³/mol. The van der Waals surface area contributed by atoms with E-state index in [9.17, 15) is 4.79 Å². The molecule has 0 bridgehead atoms. The van der Waals surface area contributed by atoms with Crippen molar-refractivity contribution in [2.75, 3.05) is 0 Å². The van der Waals surface area contributed by atoms with Crippen LogP contribution in [0.3, 0.4) is 0 Å². The highest BCUT2D eigenvalue weighted by Gasteiger charge is 2.08. The van der Waals surface area contributed by atoms with Gasteiger partial charge in [-0.05, 0) is 35.0 Å². The summed E-state index contributed by atoms with van der Waals surface area (Å²) in [5.41, 5.74) is 1.46. The van der Waals surface area contributed by atoms with Crippen LogP contribution in [0.5, 0.6) is 0 Å². The number of halogens is 1. The van der Waals surface area contributed by atoms with Gasteiger partial charge in [0, 0.05) is 11.5 Å². The van der Waals surface area contributed by atoms with Crippen LogP contribution in [0.25, 0.3) is 5.69 Å². The molecule has 0 fully saturated rings. The van der Waals surface area contributed by atoms with E-state index in [2.05, 4.69) is 26.4 Å². The number of aromatic nitrogens is 4. The summed E-state index contributed by atoms with van der Waals surface area (Å²) in [6.07, 6.45) is 0. The van der Waals surface area contributed by atoms with Gasteiger partial charge in [0.05, 0.1) is 5.69 Å². The maximum absolute atomic E-state index is 11.6. The molecule has 0 amide bonds. The molecule has 6 heteroatoms. The zero-order chi connectivity index (χ0) is 11.0. The van der Waals surface area contributed by atoms with E-state index in [1.165, 1.54) is 9.36 Å². The van der Waals surface area contributed by atoms with Crippen molar-refractivity contribution < 1.29 is 0 Å². The lowest BCUT2D eigenvalue weighted by molar-refractivity contribution is 0.692. The van der Waals surface area contributed by atoms with Gasteiger partial charge >= 0.3 is 5.69 Å². The summed E-state index contributed by atoms with van der Waals surface area (Å²) in [5, 5.41) is 7.45. The van der Waals surface area contributed by atoms with Crippen molar-refractivity contribution in [1.29, 1.82) is 0 Å². The fraction of sp³-hybridized carbons (Fsp3) is 0.222. The van der Waals surface area contributed by atoms with E-state index in [0.29, 0.717) is 0 Å². The van der Waals surface area contributed by atoms with Crippen LogP contribution in [0.15, 0.2) is 27.5 Å². The van der Waals surface area contributed by atoms with Gasteiger partial charge in [-0.2, -0.15) is 9.36 Å². The van der Waals surface area contributed by atoms with Gasteiger partial charge in [-0.25, -0.2) is 4.79 Å². The van der Waals surface area contributed by atoms with Crippen molar-refractivity contribution in [3.8, 4) is 5.69 Å². The van der Waals surface area contributed by atoms with E-state index in [1.54, 1.807) is 7.05 Å². The standard InChI is InChI=1S/C9H9BrN4O/c1-6-3-4-7(10)5-8(6)14-9(15)13(2)11-12-14/h3-5H,1-2H3. The molecule has 0 aliphatic carbocycles. The molecule has 78 valence electrons. The van der Waals surface area contributed by atoms with Gasteiger partial charge in [0.25, 0.3) is 0 Å². The van der Waals surface area contributed by atoms with E-state index in [4.69, 9.17) is 0 Å². The molecule has 0 aliphatic heterocycles. The van der Waals surface area contributed by atoms with E-state index in [0.717, 1.165) is 15.7 Å². The SMILES string of the molecule is Cc1ccc(Br)cc1-n1nnn(C)c1=O. The topological polar surface area (TPSA) is 52.7 Å². The minimum Gasteiger partial charge on any atom is -0.244 e. The summed E-state index contributed by atoms with van der Waals surface area (Å²) in [7, 11) is 1.57. The van der Waals surface area contributed by atoms with Crippen LogP contribution >= 0.6 is 15.9 Å². The minimum absolute atomic E-state index is 0.254. The molecule has 0 spiro atoms. The lowest BCUT2D eigenvalue weighted by Crippen LogP contribution is -2.22. The second kappa shape index (κ2) is 3.62. The Labute approximate surface area is 94.4 Å². The molecule has 0 saturated heterocycles. The van der Waals surface area contributed by atoms with Crippen molar-refractivity contribution in [2.45, 2.75) is 6.92 Å². The number of hydrogen-bond donors (Lipinski definition) is 0. The lowest BCUT2D eigenvalue weighted by atomic mass is 10.2. The first-order chi connectivity index (χ1) is 7.09. The lowest BCUT2D eigenvalue weighted by Gasteiger charge is -2.03. The average molecular weight is 269 g/mol. The first kappa shape index (κ1) is 10.1. The number of tetrazole rings is 1. The fourth-order valence-electron chi connectivity index (χ4n) is 1.28. The second-order valence-electron chi connectivity index (χ2n) is 3.23. The molecule has 1 heterocycles. The summed E-state index contributed by atoms with van der Waals surface area (Å²) in [5.74, 6) is 0. The van der Waals surface area contributed by atoms with Gasteiger partial charge < -0.3 is 0 Å². The van der Waals surface area contributed by atoms with Gasteiger partial charge in [-0.15, -0.1) is 0 Å². The molecule has 0 aliphatic rings. The zero-order valence-electron chi connectivity index (χ0n) is 8.31. The number of rotatable bonds is 1. The van der Waals surface area contributed by atoms with Crippen molar-refractivity contribution >= 4 is 15.9 Å². The Hall–Kier alpha value is -1.43. The third kappa shape index (κ3) is 1.72. The Morgan fingerprint density at radius 3 is 2.67 bits per heavy atom. The highest BCUT2D eigenvalue weighted by atomic mass is 79.9. The Morgan fingerprint density at radius 1 is 1.33 bits per heavy atom. The molecular weight excluding hydrogens is 260 g/mol. The summed E-state index contributed by atoms with van der Waals surface area (Å²) < 4.78 is 3.38. The molecule has 15 heavy (non-hydrogen) atoms.